The van der Waals surface area contributed by atoms with Crippen molar-refractivity contribution in [1.82, 2.24) is 15.1 Å². The van der Waals surface area contributed by atoms with E-state index >= 15 is 0 Å². The molecule has 5 rings (SSSR count). The average Bonchev–Trinajstić information content (AvgIpc) is 3.44. The highest BCUT2D eigenvalue weighted by Crippen LogP contribution is 2.52. The smallest absolute Gasteiger partial charge is 0.490 e. The molecule has 0 bridgehead atoms. The number of carboxylic acid groups (broad SMARTS) is 1. The van der Waals surface area contributed by atoms with Crippen LogP contribution in [0.2, 0.25) is 0 Å². The number of hydrogen-bond acceptors (Lipinski definition) is 6. The molecule has 15 heteroatoms. The molecule has 238 valence electrons. The van der Waals surface area contributed by atoms with Crippen LogP contribution in [-0.4, -0.2) is 70.5 Å². The fraction of sp³-hybridized carbons (Fsp3) is 0.448. The molecule has 44 heavy (non-hydrogen) atoms. The van der Waals surface area contributed by atoms with Gasteiger partial charge in [0.05, 0.1) is 24.5 Å². The van der Waals surface area contributed by atoms with Gasteiger partial charge in [-0.15, -0.1) is 0 Å². The van der Waals surface area contributed by atoms with Crippen molar-refractivity contribution in [2.45, 2.75) is 50.2 Å². The lowest BCUT2D eigenvalue weighted by Crippen LogP contribution is -2.63. The van der Waals surface area contributed by atoms with Gasteiger partial charge in [0.2, 0.25) is 17.7 Å². The minimum Gasteiger partial charge on any atom is -0.497 e. The lowest BCUT2D eigenvalue weighted by atomic mass is 9.74. The molecule has 2 aromatic carbocycles. The number of fused-ring (bicyclic) bond motifs is 2. The Morgan fingerprint density at radius 3 is 2.09 bits per heavy atom. The number of nitrogens with zero attached hydrogens (tertiary/aromatic N) is 2. The molecule has 0 radical (unpaired) electrons. The number of alkyl halides is 6. The Hall–Kier alpha value is -4.14. The Morgan fingerprint density at radius 2 is 1.59 bits per heavy atom. The molecule has 3 amide bonds. The van der Waals surface area contributed by atoms with E-state index < -0.39 is 59.1 Å². The number of rotatable bonds is 5. The van der Waals surface area contributed by atoms with Gasteiger partial charge in [0.15, 0.2) is 0 Å². The number of likely N-dealkylation sites (tertiary alicyclic amines) is 2. The van der Waals surface area contributed by atoms with Crippen molar-refractivity contribution >= 4 is 23.7 Å². The van der Waals surface area contributed by atoms with Crippen LogP contribution in [0.3, 0.4) is 0 Å². The van der Waals surface area contributed by atoms with Crippen LogP contribution in [0.5, 0.6) is 5.75 Å². The molecule has 1 spiro atoms. The second-order valence-corrected chi connectivity index (χ2v) is 10.6. The topological polar surface area (TPSA) is 116 Å². The van der Waals surface area contributed by atoms with Crippen molar-refractivity contribution in [3.05, 3.63) is 65.2 Å². The van der Waals surface area contributed by atoms with Crippen LogP contribution in [0.4, 0.5) is 26.3 Å². The van der Waals surface area contributed by atoms with Gasteiger partial charge in [0, 0.05) is 25.7 Å². The SMILES string of the molecule is CCN1C(=O)[C@H]2[C@@H](c3ccc(C(F)(F)F)cc3)N[C@]3(CCCN(Cc4ccc(OC)cc4)C3=O)[C@H]2C1=O.O=C(O)C(F)(F)F. The summed E-state index contributed by atoms with van der Waals surface area (Å²) in [6.45, 7) is 2.69. The second-order valence-electron chi connectivity index (χ2n) is 10.6. The molecule has 0 aliphatic carbocycles. The van der Waals surface area contributed by atoms with E-state index in [1.54, 1.807) is 18.9 Å². The molecule has 0 aromatic heterocycles. The minimum absolute atomic E-state index is 0.171. The van der Waals surface area contributed by atoms with Crippen molar-refractivity contribution in [1.29, 1.82) is 0 Å². The van der Waals surface area contributed by atoms with E-state index in [1.807, 2.05) is 24.3 Å². The Balaban J connectivity index is 0.000000566. The highest BCUT2D eigenvalue weighted by Gasteiger charge is 2.68. The molecule has 3 fully saturated rings. The molecule has 0 saturated carbocycles. The van der Waals surface area contributed by atoms with Gasteiger partial charge in [-0.25, -0.2) is 4.79 Å². The lowest BCUT2D eigenvalue weighted by molar-refractivity contribution is -0.192. The van der Waals surface area contributed by atoms with E-state index in [0.717, 1.165) is 17.7 Å². The zero-order chi connectivity index (χ0) is 32.6. The summed E-state index contributed by atoms with van der Waals surface area (Å²) in [5.41, 5.74) is -0.772. The number of hydrogen-bond donors (Lipinski definition) is 2. The standard InChI is InChI=1S/C27H28F3N3O4.C2HF3O2/c1-3-33-23(34)20-21(24(33)35)26(31-22(20)17-7-9-18(10-8-17)27(28,29)30)13-4-14-32(25(26)36)15-16-5-11-19(37-2)12-6-16;3-2(4,5)1(6)7/h5-12,20-22,31H,3-4,13-15H2,1-2H3;(H,6,7)/t20-,21-,22-,26-;/m1./s1. The highest BCUT2D eigenvalue weighted by atomic mass is 19.4. The molecule has 3 heterocycles. The van der Waals surface area contributed by atoms with Crippen LogP contribution in [0, 0.1) is 11.8 Å². The first-order chi connectivity index (χ1) is 20.5. The maximum atomic E-state index is 14.0. The summed E-state index contributed by atoms with van der Waals surface area (Å²) in [4.78, 5) is 52.6. The predicted molar refractivity (Wildman–Crippen MR) is 141 cm³/mol. The largest absolute Gasteiger partial charge is 0.497 e. The number of piperidine rings is 1. The molecule has 3 saturated heterocycles. The van der Waals surface area contributed by atoms with Crippen molar-refractivity contribution in [2.75, 3.05) is 20.2 Å². The summed E-state index contributed by atoms with van der Waals surface area (Å²) in [6, 6.07) is 11.2. The fourth-order valence-electron chi connectivity index (χ4n) is 6.11. The maximum absolute atomic E-state index is 14.0. The van der Waals surface area contributed by atoms with E-state index in [9.17, 15) is 40.7 Å². The molecular formula is C29H29F6N3O6. The average molecular weight is 630 g/mol. The number of benzene rings is 2. The Labute approximate surface area is 247 Å². The molecule has 4 atom stereocenters. The number of halogens is 6. The quantitative estimate of drug-likeness (QED) is 0.377. The third-order valence-electron chi connectivity index (χ3n) is 8.10. The normalized spacial score (nSPS) is 25.2. The van der Waals surface area contributed by atoms with E-state index in [0.29, 0.717) is 37.2 Å². The molecular weight excluding hydrogens is 600 g/mol. The zero-order valence-corrected chi connectivity index (χ0v) is 23.5. The number of carbonyl (C=O) groups is 4. The maximum Gasteiger partial charge on any atom is 0.490 e. The van der Waals surface area contributed by atoms with Crippen molar-refractivity contribution in [3.63, 3.8) is 0 Å². The molecule has 2 N–H and O–H groups in total. The summed E-state index contributed by atoms with van der Waals surface area (Å²) in [7, 11) is 1.57. The minimum atomic E-state index is -5.08. The number of methoxy groups -OCH3 is 1. The number of carboxylic acids is 1. The van der Waals surface area contributed by atoms with Crippen LogP contribution in [0.15, 0.2) is 48.5 Å². The van der Waals surface area contributed by atoms with E-state index in [4.69, 9.17) is 14.6 Å². The summed E-state index contributed by atoms with van der Waals surface area (Å²) < 4.78 is 76.4. The Kier molecular flexibility index (Phi) is 9.01. The predicted octanol–water partition coefficient (Wildman–Crippen LogP) is 4.17. The summed E-state index contributed by atoms with van der Waals surface area (Å²) in [6.07, 6.45) is -8.60. The van der Waals surface area contributed by atoms with Gasteiger partial charge in [-0.3, -0.25) is 24.6 Å². The van der Waals surface area contributed by atoms with Crippen LogP contribution in [-0.2, 0) is 31.9 Å². The first kappa shape index (κ1) is 32.8. The number of carbonyl (C=O) groups excluding carboxylic acids is 3. The summed E-state index contributed by atoms with van der Waals surface area (Å²) >= 11 is 0. The monoisotopic (exact) mass is 629 g/mol. The van der Waals surface area contributed by atoms with E-state index in [-0.39, 0.29) is 12.5 Å². The van der Waals surface area contributed by atoms with Crippen LogP contribution < -0.4 is 10.1 Å². The van der Waals surface area contributed by atoms with Gasteiger partial charge in [-0.2, -0.15) is 26.3 Å². The highest BCUT2D eigenvalue weighted by molar-refractivity contribution is 6.10. The molecule has 0 unspecified atom stereocenters. The number of nitrogens with one attached hydrogen (secondary N) is 1. The number of amides is 3. The fourth-order valence-corrected chi connectivity index (χ4v) is 6.11. The van der Waals surface area contributed by atoms with Crippen LogP contribution >= 0.6 is 0 Å². The number of aliphatic carboxylic acids is 1. The summed E-state index contributed by atoms with van der Waals surface area (Å²) in [5, 5.41) is 10.4. The van der Waals surface area contributed by atoms with Gasteiger partial charge in [-0.05, 0) is 55.2 Å². The molecule has 3 aliphatic heterocycles. The van der Waals surface area contributed by atoms with Gasteiger partial charge >= 0.3 is 18.3 Å². The van der Waals surface area contributed by atoms with Gasteiger partial charge in [0.1, 0.15) is 11.3 Å². The van der Waals surface area contributed by atoms with Crippen molar-refractivity contribution in [2.24, 2.45) is 11.8 Å². The van der Waals surface area contributed by atoms with Crippen molar-refractivity contribution < 1.29 is 55.4 Å². The first-order valence-corrected chi connectivity index (χ1v) is 13.6. The van der Waals surface area contributed by atoms with E-state index in [1.165, 1.54) is 17.0 Å². The molecule has 9 nitrogen and oxygen atoms in total. The molecule has 3 aliphatic rings. The first-order valence-electron chi connectivity index (χ1n) is 13.6. The number of ether oxygens (including phenoxy) is 1. The molecule has 2 aromatic rings. The van der Waals surface area contributed by atoms with Crippen molar-refractivity contribution in [3.8, 4) is 5.75 Å². The van der Waals surface area contributed by atoms with Crippen LogP contribution in [0.25, 0.3) is 0 Å². The summed E-state index contributed by atoms with van der Waals surface area (Å²) in [5.74, 6) is -4.91. The Morgan fingerprint density at radius 1 is 1.00 bits per heavy atom. The van der Waals surface area contributed by atoms with Gasteiger partial charge in [-0.1, -0.05) is 24.3 Å². The van der Waals surface area contributed by atoms with Crippen LogP contribution in [0.1, 0.15) is 42.5 Å². The third-order valence-corrected chi connectivity index (χ3v) is 8.10. The third kappa shape index (κ3) is 6.10. The number of imide groups is 1. The second kappa shape index (κ2) is 12.1. The zero-order valence-electron chi connectivity index (χ0n) is 23.5. The van der Waals surface area contributed by atoms with Gasteiger partial charge in [0.25, 0.3) is 0 Å². The lowest BCUT2D eigenvalue weighted by Gasteiger charge is -2.42. The van der Waals surface area contributed by atoms with E-state index in [2.05, 4.69) is 5.32 Å². The Bertz CT molecular complexity index is 1410. The van der Waals surface area contributed by atoms with Gasteiger partial charge < -0.3 is 14.7 Å².